The molecule has 0 aliphatic carbocycles. The first-order valence-electron chi connectivity index (χ1n) is 9.38. The van der Waals surface area contributed by atoms with Crippen molar-refractivity contribution in [1.82, 2.24) is 9.47 Å². The Hall–Kier alpha value is -3.15. The molecule has 6 heteroatoms. The molecule has 6 nitrogen and oxygen atoms in total. The molecule has 1 N–H and O–H groups in total. The van der Waals surface area contributed by atoms with Gasteiger partial charge in [0.05, 0.1) is 17.5 Å². The topological polar surface area (TPSA) is 79.6 Å². The lowest BCUT2D eigenvalue weighted by atomic mass is 10.1. The summed E-state index contributed by atoms with van der Waals surface area (Å²) in [7, 11) is 0. The number of nitrogens with zero attached hydrogens (tertiary/aromatic N) is 2. The maximum atomic E-state index is 13.1. The van der Waals surface area contributed by atoms with E-state index in [-0.39, 0.29) is 36.8 Å². The minimum Gasteiger partial charge on any atom is -0.481 e. The minimum atomic E-state index is -0.930. The summed E-state index contributed by atoms with van der Waals surface area (Å²) in [4.78, 5) is 38.5. The summed E-state index contributed by atoms with van der Waals surface area (Å²) in [6.45, 7) is 4.69. The molecule has 1 aromatic heterocycles. The van der Waals surface area contributed by atoms with Crippen LogP contribution >= 0.6 is 0 Å². The molecule has 0 aliphatic rings. The quantitative estimate of drug-likeness (QED) is 0.639. The summed E-state index contributed by atoms with van der Waals surface area (Å²) in [5.41, 5.74) is 1.34. The summed E-state index contributed by atoms with van der Waals surface area (Å²) >= 11 is 0. The Kier molecular flexibility index (Phi) is 5.78. The molecule has 2 aromatic carbocycles. The summed E-state index contributed by atoms with van der Waals surface area (Å²) in [6, 6.07) is 14.5. The van der Waals surface area contributed by atoms with Crippen LogP contribution in [0.4, 0.5) is 0 Å². The van der Waals surface area contributed by atoms with E-state index < -0.39 is 5.97 Å². The molecule has 1 heterocycles. The van der Waals surface area contributed by atoms with Crippen LogP contribution in [0, 0.1) is 5.92 Å². The second-order valence-corrected chi connectivity index (χ2v) is 7.33. The number of para-hydroxylation sites is 2. The number of benzene rings is 2. The maximum absolute atomic E-state index is 13.1. The number of carbonyl (C=O) groups is 2. The summed E-state index contributed by atoms with van der Waals surface area (Å²) < 4.78 is 1.85. The first-order chi connectivity index (χ1) is 13.4. The standard InChI is InChI=1S/C22H24N2O4/c1-15(2)13-23(12-11-21(26)27)20(25)14-24-18-9-5-3-7-16(18)22(28)17-8-4-6-10-19(17)24/h3-10,15H,11-14H2,1-2H3,(H,26,27). The highest BCUT2D eigenvalue weighted by Gasteiger charge is 2.19. The Balaban J connectivity index is 2.06. The lowest BCUT2D eigenvalue weighted by molar-refractivity contribution is -0.138. The number of aromatic nitrogens is 1. The van der Waals surface area contributed by atoms with Crippen LogP contribution in [0.5, 0.6) is 0 Å². The maximum Gasteiger partial charge on any atom is 0.305 e. The van der Waals surface area contributed by atoms with Crippen LogP contribution in [-0.4, -0.2) is 39.5 Å². The number of amides is 1. The molecule has 0 radical (unpaired) electrons. The molecule has 0 fully saturated rings. The average Bonchev–Trinajstić information content (AvgIpc) is 2.67. The Morgan fingerprint density at radius 2 is 1.54 bits per heavy atom. The zero-order valence-corrected chi connectivity index (χ0v) is 16.1. The molecule has 146 valence electrons. The lowest BCUT2D eigenvalue weighted by Gasteiger charge is -2.25. The predicted octanol–water partition coefficient (Wildman–Crippen LogP) is 3.11. The summed E-state index contributed by atoms with van der Waals surface area (Å²) in [5, 5.41) is 10.1. The number of fused-ring (bicyclic) bond motifs is 2. The van der Waals surface area contributed by atoms with Gasteiger partial charge in [0.25, 0.3) is 0 Å². The number of carboxylic acid groups (broad SMARTS) is 1. The SMILES string of the molecule is CC(C)CN(CCC(=O)O)C(=O)Cn1c2ccccc2c(=O)c2ccccc21. The molecule has 0 spiro atoms. The smallest absolute Gasteiger partial charge is 0.305 e. The van der Waals surface area contributed by atoms with Gasteiger partial charge in [0.2, 0.25) is 5.91 Å². The van der Waals surface area contributed by atoms with Crippen molar-refractivity contribution in [3.05, 3.63) is 58.8 Å². The fourth-order valence-electron chi connectivity index (χ4n) is 3.47. The zero-order valence-electron chi connectivity index (χ0n) is 16.1. The van der Waals surface area contributed by atoms with Crippen LogP contribution in [0.15, 0.2) is 53.3 Å². The number of carbonyl (C=O) groups excluding carboxylic acids is 1. The number of pyridine rings is 1. The second-order valence-electron chi connectivity index (χ2n) is 7.33. The number of hydrogen-bond acceptors (Lipinski definition) is 3. The van der Waals surface area contributed by atoms with Crippen LogP contribution in [-0.2, 0) is 16.1 Å². The van der Waals surface area contributed by atoms with Crippen LogP contribution < -0.4 is 5.43 Å². The van der Waals surface area contributed by atoms with Crippen molar-refractivity contribution in [2.24, 2.45) is 5.92 Å². The van der Waals surface area contributed by atoms with Gasteiger partial charge in [0, 0.05) is 23.9 Å². The fourth-order valence-corrected chi connectivity index (χ4v) is 3.47. The lowest BCUT2D eigenvalue weighted by Crippen LogP contribution is -2.38. The predicted molar refractivity (Wildman–Crippen MR) is 109 cm³/mol. The molecule has 1 amide bonds. The van der Waals surface area contributed by atoms with Gasteiger partial charge < -0.3 is 14.6 Å². The summed E-state index contributed by atoms with van der Waals surface area (Å²) in [5.74, 6) is -0.866. The van der Waals surface area contributed by atoms with E-state index in [9.17, 15) is 14.4 Å². The van der Waals surface area contributed by atoms with Crippen LogP contribution in [0.2, 0.25) is 0 Å². The Labute approximate surface area is 163 Å². The number of hydrogen-bond donors (Lipinski definition) is 1. The third-order valence-corrected chi connectivity index (χ3v) is 4.71. The van der Waals surface area contributed by atoms with Crippen molar-refractivity contribution in [2.45, 2.75) is 26.8 Å². The molecule has 0 atom stereocenters. The molecule has 0 saturated heterocycles. The fraction of sp³-hybridized carbons (Fsp3) is 0.318. The van der Waals surface area contributed by atoms with Gasteiger partial charge in [-0.3, -0.25) is 14.4 Å². The third kappa shape index (κ3) is 4.06. The van der Waals surface area contributed by atoms with Crippen molar-refractivity contribution in [3.8, 4) is 0 Å². The van der Waals surface area contributed by atoms with Crippen molar-refractivity contribution < 1.29 is 14.7 Å². The van der Waals surface area contributed by atoms with Gasteiger partial charge in [-0.2, -0.15) is 0 Å². The first-order valence-corrected chi connectivity index (χ1v) is 9.38. The van der Waals surface area contributed by atoms with E-state index in [0.717, 1.165) is 0 Å². The van der Waals surface area contributed by atoms with Crippen LogP contribution in [0.3, 0.4) is 0 Å². The minimum absolute atomic E-state index is 0.0493. The van der Waals surface area contributed by atoms with E-state index in [4.69, 9.17) is 5.11 Å². The Morgan fingerprint density at radius 1 is 1.00 bits per heavy atom. The monoisotopic (exact) mass is 380 g/mol. The van der Waals surface area contributed by atoms with Crippen molar-refractivity contribution in [2.75, 3.05) is 13.1 Å². The molecule has 3 aromatic rings. The van der Waals surface area contributed by atoms with Crippen molar-refractivity contribution in [1.29, 1.82) is 0 Å². The largest absolute Gasteiger partial charge is 0.481 e. The summed E-state index contributed by atoms with van der Waals surface area (Å²) in [6.07, 6.45) is -0.0931. The third-order valence-electron chi connectivity index (χ3n) is 4.71. The van der Waals surface area contributed by atoms with Gasteiger partial charge in [-0.15, -0.1) is 0 Å². The van der Waals surface area contributed by atoms with E-state index in [2.05, 4.69) is 0 Å². The zero-order chi connectivity index (χ0) is 20.3. The van der Waals surface area contributed by atoms with Crippen LogP contribution in [0.1, 0.15) is 20.3 Å². The molecule has 0 aliphatic heterocycles. The Morgan fingerprint density at radius 3 is 2.04 bits per heavy atom. The average molecular weight is 380 g/mol. The van der Waals surface area contributed by atoms with Crippen molar-refractivity contribution in [3.63, 3.8) is 0 Å². The molecule has 3 rings (SSSR count). The van der Waals surface area contributed by atoms with E-state index in [1.165, 1.54) is 0 Å². The molecular weight excluding hydrogens is 356 g/mol. The normalized spacial score (nSPS) is 11.2. The van der Waals surface area contributed by atoms with E-state index in [0.29, 0.717) is 28.4 Å². The highest BCUT2D eigenvalue weighted by Crippen LogP contribution is 2.19. The van der Waals surface area contributed by atoms with Crippen LogP contribution in [0.25, 0.3) is 21.8 Å². The van der Waals surface area contributed by atoms with Gasteiger partial charge in [0.1, 0.15) is 6.54 Å². The number of carboxylic acids is 1. The highest BCUT2D eigenvalue weighted by atomic mass is 16.4. The molecule has 28 heavy (non-hydrogen) atoms. The molecule has 0 bridgehead atoms. The Bertz CT molecular complexity index is 1020. The highest BCUT2D eigenvalue weighted by molar-refractivity contribution is 5.94. The second kappa shape index (κ2) is 8.25. The molecule has 0 unspecified atom stereocenters. The van der Waals surface area contributed by atoms with Gasteiger partial charge in [-0.1, -0.05) is 38.1 Å². The van der Waals surface area contributed by atoms with Gasteiger partial charge in [-0.05, 0) is 30.2 Å². The van der Waals surface area contributed by atoms with E-state index in [1.807, 2.05) is 54.8 Å². The first kappa shape index (κ1) is 19.6. The van der Waals surface area contributed by atoms with Crippen molar-refractivity contribution >= 4 is 33.7 Å². The number of rotatable bonds is 7. The number of aliphatic carboxylic acids is 1. The van der Waals surface area contributed by atoms with E-state index >= 15 is 0 Å². The van der Waals surface area contributed by atoms with Gasteiger partial charge in [0.15, 0.2) is 5.43 Å². The van der Waals surface area contributed by atoms with Gasteiger partial charge in [-0.25, -0.2) is 0 Å². The molecular formula is C22H24N2O4. The molecule has 0 saturated carbocycles. The van der Waals surface area contributed by atoms with Gasteiger partial charge >= 0.3 is 5.97 Å². The van der Waals surface area contributed by atoms with E-state index in [1.54, 1.807) is 17.0 Å².